The molecule has 0 amide bonds. The van der Waals surface area contributed by atoms with E-state index in [1.807, 2.05) is 6.07 Å². The summed E-state index contributed by atoms with van der Waals surface area (Å²) >= 11 is 0. The van der Waals surface area contributed by atoms with E-state index in [1.165, 1.54) is 19.2 Å². The van der Waals surface area contributed by atoms with Gasteiger partial charge in [-0.2, -0.15) is 0 Å². The lowest BCUT2D eigenvalue weighted by Crippen LogP contribution is -2.23. The summed E-state index contributed by atoms with van der Waals surface area (Å²) in [7, 11) is 1.49. The lowest BCUT2D eigenvalue weighted by Gasteiger charge is -2.14. The van der Waals surface area contributed by atoms with E-state index >= 15 is 0 Å². The molecule has 0 aliphatic rings. The van der Waals surface area contributed by atoms with Crippen LogP contribution in [0.5, 0.6) is 11.5 Å². The van der Waals surface area contributed by atoms with Gasteiger partial charge in [-0.05, 0) is 31.2 Å². The molecule has 5 aromatic rings. The standard InChI is InChI=1S/C28H20O7/c1-16(26(30)17-7-4-3-5-8-17)33-19-11-12-20-21(15-25(29)34-24(20)14-19)22-13-18-9-6-10-23(32-2)27(18)35-28(22)31/h3-16H,1-2H3/t16-/m0/s1. The third kappa shape index (κ3) is 4.19. The minimum Gasteiger partial charge on any atom is -0.493 e. The van der Waals surface area contributed by atoms with Crippen LogP contribution in [-0.4, -0.2) is 19.0 Å². The molecule has 1 atom stereocenters. The van der Waals surface area contributed by atoms with E-state index in [9.17, 15) is 14.4 Å². The van der Waals surface area contributed by atoms with Crippen molar-refractivity contribution in [2.45, 2.75) is 13.0 Å². The number of benzene rings is 3. The van der Waals surface area contributed by atoms with Crippen molar-refractivity contribution in [2.75, 3.05) is 7.11 Å². The number of ether oxygens (including phenoxy) is 2. The number of carbonyl (C=O) groups excluding carboxylic acids is 1. The quantitative estimate of drug-likeness (QED) is 0.249. The molecule has 7 heteroatoms. The topological polar surface area (TPSA) is 96.0 Å². The summed E-state index contributed by atoms with van der Waals surface area (Å²) in [6, 6.07) is 21.9. The molecule has 174 valence electrons. The normalized spacial score (nSPS) is 11.9. The maximum Gasteiger partial charge on any atom is 0.344 e. The summed E-state index contributed by atoms with van der Waals surface area (Å²) < 4.78 is 22.0. The van der Waals surface area contributed by atoms with Crippen LogP contribution in [0, 0.1) is 0 Å². The van der Waals surface area contributed by atoms with Gasteiger partial charge in [-0.3, -0.25) is 4.79 Å². The molecule has 0 N–H and O–H groups in total. The summed E-state index contributed by atoms with van der Waals surface area (Å²) in [6.07, 6.45) is -0.757. The lowest BCUT2D eigenvalue weighted by molar-refractivity contribution is 0.0818. The fourth-order valence-electron chi connectivity index (χ4n) is 4.00. The summed E-state index contributed by atoms with van der Waals surface area (Å²) in [5, 5.41) is 1.17. The number of hydrogen-bond acceptors (Lipinski definition) is 7. The number of hydrogen-bond donors (Lipinski definition) is 0. The van der Waals surface area contributed by atoms with E-state index in [4.69, 9.17) is 18.3 Å². The average molecular weight is 468 g/mol. The fourth-order valence-corrected chi connectivity index (χ4v) is 4.00. The third-order valence-corrected chi connectivity index (χ3v) is 5.69. The van der Waals surface area contributed by atoms with Crippen molar-refractivity contribution >= 4 is 27.7 Å². The molecule has 0 aliphatic heterocycles. The smallest absolute Gasteiger partial charge is 0.344 e. The summed E-state index contributed by atoms with van der Waals surface area (Å²) in [6.45, 7) is 1.65. The molecular weight excluding hydrogens is 448 g/mol. The van der Waals surface area contributed by atoms with Gasteiger partial charge in [0.05, 0.1) is 12.7 Å². The Balaban J connectivity index is 1.55. The maximum atomic E-state index is 12.9. The zero-order valence-corrected chi connectivity index (χ0v) is 18.9. The largest absolute Gasteiger partial charge is 0.493 e. The molecule has 7 nitrogen and oxygen atoms in total. The Hall–Kier alpha value is -4.65. The van der Waals surface area contributed by atoms with Gasteiger partial charge in [-0.1, -0.05) is 42.5 Å². The Morgan fingerprint density at radius 2 is 1.66 bits per heavy atom. The average Bonchev–Trinajstić information content (AvgIpc) is 2.87. The van der Waals surface area contributed by atoms with Crippen molar-refractivity contribution in [3.8, 4) is 22.6 Å². The molecule has 0 aliphatic carbocycles. The van der Waals surface area contributed by atoms with E-state index in [0.717, 1.165) is 0 Å². The first-order chi connectivity index (χ1) is 16.9. The predicted octanol–water partition coefficient (Wildman–Crippen LogP) is 5.23. The van der Waals surface area contributed by atoms with Crippen LogP contribution in [0.3, 0.4) is 0 Å². The number of rotatable bonds is 6. The van der Waals surface area contributed by atoms with Gasteiger partial charge >= 0.3 is 11.3 Å². The Morgan fingerprint density at radius 1 is 0.857 bits per heavy atom. The van der Waals surface area contributed by atoms with Crippen molar-refractivity contribution in [3.63, 3.8) is 0 Å². The van der Waals surface area contributed by atoms with Crippen molar-refractivity contribution in [1.82, 2.24) is 0 Å². The Bertz CT molecular complexity index is 1680. The van der Waals surface area contributed by atoms with Gasteiger partial charge in [0.25, 0.3) is 0 Å². The second-order valence-electron chi connectivity index (χ2n) is 7.95. The second kappa shape index (κ2) is 8.95. The summed E-state index contributed by atoms with van der Waals surface area (Å²) in [5.74, 6) is 0.611. The minimum absolute atomic E-state index is 0.176. The highest BCUT2D eigenvalue weighted by molar-refractivity contribution is 5.99. The van der Waals surface area contributed by atoms with Crippen molar-refractivity contribution < 1.29 is 23.1 Å². The first kappa shape index (κ1) is 22.2. The molecule has 0 bridgehead atoms. The highest BCUT2D eigenvalue weighted by atomic mass is 16.5. The van der Waals surface area contributed by atoms with Crippen LogP contribution in [0.2, 0.25) is 0 Å². The zero-order valence-electron chi connectivity index (χ0n) is 18.9. The minimum atomic E-state index is -0.757. The number of carbonyl (C=O) groups is 1. The first-order valence-corrected chi connectivity index (χ1v) is 10.9. The van der Waals surface area contributed by atoms with E-state index in [0.29, 0.717) is 39.0 Å². The zero-order chi connectivity index (χ0) is 24.5. The van der Waals surface area contributed by atoms with Gasteiger partial charge in [-0.15, -0.1) is 0 Å². The van der Waals surface area contributed by atoms with Crippen LogP contribution < -0.4 is 20.7 Å². The van der Waals surface area contributed by atoms with Crippen LogP contribution >= 0.6 is 0 Å². The Kier molecular flexibility index (Phi) is 5.66. The van der Waals surface area contributed by atoms with Gasteiger partial charge in [0.1, 0.15) is 11.3 Å². The summed E-state index contributed by atoms with van der Waals surface area (Å²) in [5.41, 5.74) is 0.409. The molecular formula is C28H20O7. The third-order valence-electron chi connectivity index (χ3n) is 5.69. The van der Waals surface area contributed by atoms with E-state index in [1.54, 1.807) is 67.6 Å². The molecule has 2 aromatic heterocycles. The Labute approximate surface area is 199 Å². The number of ketones is 1. The number of Topliss-reactive ketones (excluding diaryl/α,β-unsaturated/α-hetero) is 1. The highest BCUT2D eigenvalue weighted by Crippen LogP contribution is 2.32. The van der Waals surface area contributed by atoms with Gasteiger partial charge in [-0.25, -0.2) is 9.59 Å². The number of para-hydroxylation sites is 1. The molecule has 0 spiro atoms. The van der Waals surface area contributed by atoms with Gasteiger partial charge < -0.3 is 18.3 Å². The molecule has 3 aromatic carbocycles. The van der Waals surface area contributed by atoms with Crippen LogP contribution in [0.1, 0.15) is 17.3 Å². The second-order valence-corrected chi connectivity index (χ2v) is 7.95. The Morgan fingerprint density at radius 3 is 2.43 bits per heavy atom. The van der Waals surface area contributed by atoms with E-state index in [2.05, 4.69) is 0 Å². The van der Waals surface area contributed by atoms with Crippen molar-refractivity contribution in [3.05, 3.63) is 105 Å². The molecule has 0 saturated carbocycles. The molecule has 0 unspecified atom stereocenters. The van der Waals surface area contributed by atoms with Crippen molar-refractivity contribution in [2.24, 2.45) is 0 Å². The van der Waals surface area contributed by atoms with Gasteiger partial charge in [0.15, 0.2) is 17.4 Å². The van der Waals surface area contributed by atoms with Crippen LogP contribution in [-0.2, 0) is 0 Å². The fraction of sp³-hybridized carbons (Fsp3) is 0.107. The summed E-state index contributed by atoms with van der Waals surface area (Å²) in [4.78, 5) is 37.9. The van der Waals surface area contributed by atoms with Crippen LogP contribution in [0.25, 0.3) is 33.1 Å². The molecule has 5 rings (SSSR count). The van der Waals surface area contributed by atoms with Gasteiger partial charge in [0.2, 0.25) is 5.78 Å². The van der Waals surface area contributed by atoms with E-state index in [-0.39, 0.29) is 16.9 Å². The molecule has 2 heterocycles. The molecule has 0 radical (unpaired) electrons. The van der Waals surface area contributed by atoms with E-state index < -0.39 is 17.4 Å². The molecule has 0 fully saturated rings. The van der Waals surface area contributed by atoms with Crippen LogP contribution in [0.4, 0.5) is 0 Å². The van der Waals surface area contributed by atoms with Gasteiger partial charge in [0, 0.05) is 34.0 Å². The first-order valence-electron chi connectivity index (χ1n) is 10.9. The SMILES string of the molecule is COc1cccc2cc(-c3cc(=O)oc4cc(O[C@@H](C)C(=O)c5ccccc5)ccc34)c(=O)oc12. The highest BCUT2D eigenvalue weighted by Gasteiger charge is 2.19. The number of methoxy groups -OCH3 is 1. The molecule has 0 saturated heterocycles. The van der Waals surface area contributed by atoms with Crippen LogP contribution in [0.15, 0.2) is 97.3 Å². The van der Waals surface area contributed by atoms with Crippen molar-refractivity contribution in [1.29, 1.82) is 0 Å². The monoisotopic (exact) mass is 468 g/mol. The predicted molar refractivity (Wildman–Crippen MR) is 131 cm³/mol. The molecule has 35 heavy (non-hydrogen) atoms. The maximum absolute atomic E-state index is 12.9. The lowest BCUT2D eigenvalue weighted by atomic mass is 10.0. The number of fused-ring (bicyclic) bond motifs is 2.